The van der Waals surface area contributed by atoms with Gasteiger partial charge < -0.3 is 24.8 Å². The van der Waals surface area contributed by atoms with Crippen LogP contribution in [0.1, 0.15) is 22.3 Å². The van der Waals surface area contributed by atoms with E-state index < -0.39 is 3.61 Å². The second-order valence-electron chi connectivity index (χ2n) is 5.16. The number of methoxy groups -OCH3 is 2. The zero-order valence-corrected chi connectivity index (χ0v) is 14.2. The van der Waals surface area contributed by atoms with Crippen LogP contribution in [0.3, 0.4) is 0 Å². The van der Waals surface area contributed by atoms with Gasteiger partial charge in [0, 0.05) is 23.3 Å². The molecule has 0 fully saturated rings. The molecular formula is C16H15IO5. The van der Waals surface area contributed by atoms with Crippen LogP contribution in [0.4, 0.5) is 0 Å². The van der Waals surface area contributed by atoms with Crippen LogP contribution >= 0.6 is 22.6 Å². The average Bonchev–Trinajstić information content (AvgIpc) is 2.44. The van der Waals surface area contributed by atoms with Gasteiger partial charge >= 0.3 is 0 Å². The molecule has 0 amide bonds. The molecule has 0 saturated heterocycles. The highest BCUT2D eigenvalue weighted by molar-refractivity contribution is 14.1. The molecule has 0 saturated carbocycles. The summed E-state index contributed by atoms with van der Waals surface area (Å²) in [5.41, 5.74) is 2.66. The minimum atomic E-state index is -1.39. The quantitative estimate of drug-likeness (QED) is 0.520. The number of phenolic OH excluding ortho intramolecular Hbond substituents is 2. The van der Waals surface area contributed by atoms with Gasteiger partial charge in [-0.15, -0.1) is 0 Å². The second kappa shape index (κ2) is 5.20. The third-order valence-electron chi connectivity index (χ3n) is 3.82. The lowest BCUT2D eigenvalue weighted by molar-refractivity contribution is 0.185. The predicted octanol–water partition coefficient (Wildman–Crippen LogP) is 2.65. The van der Waals surface area contributed by atoms with Crippen LogP contribution in [0.15, 0.2) is 24.3 Å². The molecule has 1 aliphatic rings. The summed E-state index contributed by atoms with van der Waals surface area (Å²) in [6.45, 7) is 0. The maximum atomic E-state index is 11.1. The van der Waals surface area contributed by atoms with Gasteiger partial charge in [0.2, 0.25) is 0 Å². The highest BCUT2D eigenvalue weighted by Gasteiger charge is 2.42. The molecule has 116 valence electrons. The van der Waals surface area contributed by atoms with Gasteiger partial charge in [-0.05, 0) is 52.3 Å². The Morgan fingerprint density at radius 3 is 1.68 bits per heavy atom. The summed E-state index contributed by atoms with van der Waals surface area (Å²) in [6, 6.07) is 6.14. The number of fused-ring (bicyclic) bond motifs is 2. The molecule has 0 aromatic heterocycles. The van der Waals surface area contributed by atoms with E-state index in [2.05, 4.69) is 0 Å². The number of halogens is 1. The van der Waals surface area contributed by atoms with Crippen molar-refractivity contribution in [2.75, 3.05) is 14.2 Å². The molecule has 3 rings (SSSR count). The first-order valence-electron chi connectivity index (χ1n) is 6.60. The normalized spacial score (nSPS) is 14.9. The molecule has 0 unspecified atom stereocenters. The molecule has 0 spiro atoms. The third-order valence-corrected chi connectivity index (χ3v) is 4.90. The van der Waals surface area contributed by atoms with Crippen LogP contribution in [-0.2, 0) is 10.0 Å². The fourth-order valence-electron chi connectivity index (χ4n) is 3.00. The molecule has 0 aliphatic heterocycles. The molecule has 0 bridgehead atoms. The van der Waals surface area contributed by atoms with Gasteiger partial charge in [0.25, 0.3) is 0 Å². The van der Waals surface area contributed by atoms with Crippen molar-refractivity contribution in [3.8, 4) is 23.0 Å². The van der Waals surface area contributed by atoms with E-state index in [1.807, 2.05) is 22.6 Å². The first kappa shape index (κ1) is 15.2. The Hall–Kier alpha value is -1.67. The Morgan fingerprint density at radius 1 is 0.909 bits per heavy atom. The Morgan fingerprint density at radius 2 is 1.32 bits per heavy atom. The van der Waals surface area contributed by atoms with Gasteiger partial charge in [0.05, 0.1) is 14.2 Å². The first-order chi connectivity index (χ1) is 10.4. The molecule has 6 heteroatoms. The van der Waals surface area contributed by atoms with E-state index in [4.69, 9.17) is 9.47 Å². The molecule has 22 heavy (non-hydrogen) atoms. The Labute approximate surface area is 141 Å². The lowest BCUT2D eigenvalue weighted by atomic mass is 9.82. The fraction of sp³-hybridized carbons (Fsp3) is 0.250. The average molecular weight is 414 g/mol. The lowest BCUT2D eigenvalue weighted by Crippen LogP contribution is -2.28. The molecular weight excluding hydrogens is 399 g/mol. The minimum Gasteiger partial charge on any atom is -0.508 e. The van der Waals surface area contributed by atoms with E-state index >= 15 is 0 Å². The van der Waals surface area contributed by atoms with Crippen molar-refractivity contribution < 1.29 is 24.8 Å². The number of aliphatic hydroxyl groups is 1. The molecule has 2 aromatic rings. The minimum absolute atomic E-state index is 0.0679. The molecule has 0 atom stereocenters. The van der Waals surface area contributed by atoms with Crippen molar-refractivity contribution >= 4 is 22.6 Å². The van der Waals surface area contributed by atoms with E-state index in [0.29, 0.717) is 29.0 Å². The van der Waals surface area contributed by atoms with E-state index in [1.54, 1.807) is 12.1 Å². The summed E-state index contributed by atoms with van der Waals surface area (Å²) in [6.07, 6.45) is 0.450. The topological polar surface area (TPSA) is 79.2 Å². The number of benzene rings is 2. The van der Waals surface area contributed by atoms with E-state index in [1.165, 1.54) is 26.4 Å². The van der Waals surface area contributed by atoms with Crippen LogP contribution in [0.5, 0.6) is 23.0 Å². The summed E-state index contributed by atoms with van der Waals surface area (Å²) >= 11 is 1.93. The SMILES string of the molecule is COc1cc(O)cc2c1C(O)(I)c1c(cc(O)cc1OC)C2. The summed E-state index contributed by atoms with van der Waals surface area (Å²) in [5, 5.41) is 30.8. The number of hydrogen-bond acceptors (Lipinski definition) is 5. The maximum Gasteiger partial charge on any atom is 0.174 e. The Balaban J connectivity index is 2.33. The van der Waals surface area contributed by atoms with Gasteiger partial charge in [0.15, 0.2) is 3.61 Å². The van der Waals surface area contributed by atoms with Crippen LogP contribution in [-0.4, -0.2) is 29.5 Å². The smallest absolute Gasteiger partial charge is 0.174 e. The van der Waals surface area contributed by atoms with Crippen LogP contribution in [0.2, 0.25) is 0 Å². The number of hydrogen-bond donors (Lipinski definition) is 3. The van der Waals surface area contributed by atoms with Crippen molar-refractivity contribution in [1.82, 2.24) is 0 Å². The molecule has 1 aliphatic carbocycles. The largest absolute Gasteiger partial charge is 0.508 e. The third kappa shape index (κ3) is 2.17. The van der Waals surface area contributed by atoms with Gasteiger partial charge in [-0.25, -0.2) is 0 Å². The first-order valence-corrected chi connectivity index (χ1v) is 7.68. The van der Waals surface area contributed by atoms with Gasteiger partial charge in [-0.3, -0.25) is 0 Å². The zero-order valence-electron chi connectivity index (χ0n) is 12.1. The standard InChI is InChI=1S/C16H15IO5/c1-21-12-6-10(18)4-8-3-9-5-11(19)7-13(22-2)15(9)16(17,20)14(8)12/h4-7,18-20H,3H2,1-2H3. The molecule has 5 nitrogen and oxygen atoms in total. The van der Waals surface area contributed by atoms with Gasteiger partial charge in [0.1, 0.15) is 23.0 Å². The maximum absolute atomic E-state index is 11.1. The van der Waals surface area contributed by atoms with Crippen molar-refractivity contribution in [2.24, 2.45) is 0 Å². The number of aromatic hydroxyl groups is 2. The van der Waals surface area contributed by atoms with Gasteiger partial charge in [-0.2, -0.15) is 0 Å². The van der Waals surface area contributed by atoms with Crippen LogP contribution in [0, 0.1) is 0 Å². The monoisotopic (exact) mass is 414 g/mol. The summed E-state index contributed by atoms with van der Waals surface area (Å²) in [7, 11) is 2.98. The number of alkyl halides is 1. The van der Waals surface area contributed by atoms with Crippen molar-refractivity contribution in [3.63, 3.8) is 0 Å². The Bertz CT molecular complexity index is 693. The molecule has 0 radical (unpaired) electrons. The van der Waals surface area contributed by atoms with Crippen molar-refractivity contribution in [3.05, 3.63) is 46.5 Å². The lowest BCUT2D eigenvalue weighted by Gasteiger charge is -2.34. The number of ether oxygens (including phenoxy) is 2. The van der Waals surface area contributed by atoms with Crippen molar-refractivity contribution in [2.45, 2.75) is 10.0 Å². The van der Waals surface area contributed by atoms with E-state index in [-0.39, 0.29) is 11.5 Å². The summed E-state index contributed by atoms with van der Waals surface area (Å²) in [5.74, 6) is 0.956. The highest BCUT2D eigenvalue weighted by Crippen LogP contribution is 2.53. The molecule has 2 aromatic carbocycles. The summed E-state index contributed by atoms with van der Waals surface area (Å²) in [4.78, 5) is 0. The molecule has 3 N–H and O–H groups in total. The Kier molecular flexibility index (Phi) is 3.60. The second-order valence-corrected chi connectivity index (χ2v) is 6.72. The van der Waals surface area contributed by atoms with Crippen LogP contribution in [0.25, 0.3) is 0 Å². The van der Waals surface area contributed by atoms with E-state index in [9.17, 15) is 15.3 Å². The van der Waals surface area contributed by atoms with Gasteiger partial charge in [-0.1, -0.05) is 0 Å². The molecule has 0 heterocycles. The van der Waals surface area contributed by atoms with Crippen LogP contribution < -0.4 is 9.47 Å². The van der Waals surface area contributed by atoms with E-state index in [0.717, 1.165) is 11.1 Å². The van der Waals surface area contributed by atoms with Crippen molar-refractivity contribution in [1.29, 1.82) is 0 Å². The zero-order chi connectivity index (χ0) is 16.1. The highest BCUT2D eigenvalue weighted by atomic mass is 127. The number of phenols is 2. The fourth-order valence-corrected chi connectivity index (χ4v) is 4.22. The number of rotatable bonds is 2. The predicted molar refractivity (Wildman–Crippen MR) is 89.1 cm³/mol. The summed E-state index contributed by atoms with van der Waals surface area (Å²) < 4.78 is 9.26.